The number of hydrogen-bond donors (Lipinski definition) is 1. The molecule has 1 rings (SSSR count). The summed E-state index contributed by atoms with van der Waals surface area (Å²) in [7, 11) is 1.99. The van der Waals surface area contributed by atoms with Crippen LogP contribution in [0.3, 0.4) is 0 Å². The van der Waals surface area contributed by atoms with Crippen molar-refractivity contribution in [2.75, 3.05) is 7.05 Å². The molecule has 0 saturated carbocycles. The van der Waals surface area contributed by atoms with Crippen LogP contribution in [0.2, 0.25) is 0 Å². The Bertz CT molecular complexity index is 267. The van der Waals surface area contributed by atoms with Crippen molar-refractivity contribution in [1.29, 1.82) is 0 Å². The number of aryl methyl sites for hydroxylation is 1. The fourth-order valence-electron chi connectivity index (χ4n) is 1.59. The molecule has 2 atom stereocenters. The number of nitrogens with one attached hydrogen (secondary N) is 1. The van der Waals surface area contributed by atoms with E-state index in [4.69, 9.17) is 4.42 Å². The van der Waals surface area contributed by atoms with Gasteiger partial charge in [0.25, 0.3) is 0 Å². The summed E-state index contributed by atoms with van der Waals surface area (Å²) >= 11 is 0. The van der Waals surface area contributed by atoms with Crippen LogP contribution < -0.4 is 5.32 Å². The van der Waals surface area contributed by atoms with Crippen molar-refractivity contribution < 1.29 is 4.42 Å². The van der Waals surface area contributed by atoms with Gasteiger partial charge in [-0.1, -0.05) is 20.3 Å². The third kappa shape index (κ3) is 2.88. The first kappa shape index (κ1) is 11.3. The zero-order valence-electron chi connectivity index (χ0n) is 9.63. The highest BCUT2D eigenvalue weighted by atomic mass is 16.3. The van der Waals surface area contributed by atoms with Gasteiger partial charge in [0.2, 0.25) is 0 Å². The molecule has 80 valence electrons. The van der Waals surface area contributed by atoms with Crippen LogP contribution in [0.4, 0.5) is 0 Å². The minimum atomic E-state index is 0.360. The Balaban J connectivity index is 2.62. The average molecular weight is 195 g/mol. The Labute approximate surface area is 86.7 Å². The highest BCUT2D eigenvalue weighted by Crippen LogP contribution is 2.24. The second-order valence-electron chi connectivity index (χ2n) is 4.04. The Morgan fingerprint density at radius 3 is 2.57 bits per heavy atom. The largest absolute Gasteiger partial charge is 0.465 e. The van der Waals surface area contributed by atoms with Crippen LogP contribution in [-0.2, 0) is 0 Å². The molecule has 0 amide bonds. The summed E-state index contributed by atoms with van der Waals surface area (Å²) in [6, 6.07) is 4.45. The SMILES string of the molecule is CCC(C)CC(NC)c1ccc(C)o1. The van der Waals surface area contributed by atoms with Gasteiger partial charge in [-0.15, -0.1) is 0 Å². The Morgan fingerprint density at radius 2 is 2.14 bits per heavy atom. The van der Waals surface area contributed by atoms with E-state index < -0.39 is 0 Å². The smallest absolute Gasteiger partial charge is 0.121 e. The van der Waals surface area contributed by atoms with Gasteiger partial charge in [-0.2, -0.15) is 0 Å². The molecule has 0 radical (unpaired) electrons. The lowest BCUT2D eigenvalue weighted by Gasteiger charge is -2.17. The molecule has 1 aromatic heterocycles. The quantitative estimate of drug-likeness (QED) is 0.780. The van der Waals surface area contributed by atoms with Crippen LogP contribution in [0, 0.1) is 12.8 Å². The lowest BCUT2D eigenvalue weighted by atomic mass is 9.98. The first-order chi connectivity index (χ1) is 6.67. The van der Waals surface area contributed by atoms with Crippen molar-refractivity contribution in [3.05, 3.63) is 23.7 Å². The molecule has 0 bridgehead atoms. The van der Waals surface area contributed by atoms with E-state index in [0.29, 0.717) is 6.04 Å². The van der Waals surface area contributed by atoms with Gasteiger partial charge < -0.3 is 9.73 Å². The molecular weight excluding hydrogens is 174 g/mol. The van der Waals surface area contributed by atoms with Crippen LogP contribution in [0.5, 0.6) is 0 Å². The molecule has 1 N–H and O–H groups in total. The van der Waals surface area contributed by atoms with E-state index in [0.717, 1.165) is 23.9 Å². The summed E-state index contributed by atoms with van der Waals surface area (Å²) in [4.78, 5) is 0. The van der Waals surface area contributed by atoms with Crippen molar-refractivity contribution in [3.8, 4) is 0 Å². The molecule has 2 unspecified atom stereocenters. The van der Waals surface area contributed by atoms with Gasteiger partial charge in [0.05, 0.1) is 6.04 Å². The first-order valence-electron chi connectivity index (χ1n) is 5.41. The summed E-state index contributed by atoms with van der Waals surface area (Å²) in [6.07, 6.45) is 2.36. The van der Waals surface area contributed by atoms with Gasteiger partial charge in [0, 0.05) is 0 Å². The fourth-order valence-corrected chi connectivity index (χ4v) is 1.59. The van der Waals surface area contributed by atoms with Gasteiger partial charge in [-0.25, -0.2) is 0 Å². The second-order valence-corrected chi connectivity index (χ2v) is 4.04. The summed E-state index contributed by atoms with van der Waals surface area (Å²) in [6.45, 7) is 6.49. The lowest BCUT2D eigenvalue weighted by Crippen LogP contribution is -2.18. The van der Waals surface area contributed by atoms with E-state index in [-0.39, 0.29) is 0 Å². The van der Waals surface area contributed by atoms with Gasteiger partial charge in [-0.05, 0) is 38.4 Å². The first-order valence-corrected chi connectivity index (χ1v) is 5.41. The van der Waals surface area contributed by atoms with Crippen LogP contribution in [0.1, 0.15) is 44.3 Å². The maximum absolute atomic E-state index is 5.62. The van der Waals surface area contributed by atoms with Crippen molar-refractivity contribution in [3.63, 3.8) is 0 Å². The highest BCUT2D eigenvalue weighted by molar-refractivity contribution is 5.09. The van der Waals surface area contributed by atoms with Gasteiger partial charge in [0.1, 0.15) is 11.5 Å². The minimum absolute atomic E-state index is 0.360. The van der Waals surface area contributed by atoms with Gasteiger partial charge >= 0.3 is 0 Å². The molecule has 0 saturated heterocycles. The second kappa shape index (κ2) is 5.20. The van der Waals surface area contributed by atoms with Crippen LogP contribution >= 0.6 is 0 Å². The molecule has 14 heavy (non-hydrogen) atoms. The lowest BCUT2D eigenvalue weighted by molar-refractivity contribution is 0.355. The average Bonchev–Trinajstić information content (AvgIpc) is 2.60. The molecule has 2 nitrogen and oxygen atoms in total. The molecule has 1 heterocycles. The van der Waals surface area contributed by atoms with E-state index in [1.165, 1.54) is 6.42 Å². The topological polar surface area (TPSA) is 25.2 Å². The van der Waals surface area contributed by atoms with Crippen molar-refractivity contribution in [1.82, 2.24) is 5.32 Å². The van der Waals surface area contributed by atoms with Gasteiger partial charge in [-0.3, -0.25) is 0 Å². The summed E-state index contributed by atoms with van der Waals surface area (Å²) in [5, 5.41) is 3.30. The monoisotopic (exact) mass is 195 g/mol. The Kier molecular flexibility index (Phi) is 4.21. The summed E-state index contributed by atoms with van der Waals surface area (Å²) < 4.78 is 5.62. The Hall–Kier alpha value is -0.760. The van der Waals surface area contributed by atoms with Crippen molar-refractivity contribution >= 4 is 0 Å². The highest BCUT2D eigenvalue weighted by Gasteiger charge is 2.15. The molecule has 2 heteroatoms. The van der Waals surface area contributed by atoms with E-state index in [1.54, 1.807) is 0 Å². The Morgan fingerprint density at radius 1 is 1.43 bits per heavy atom. The molecule has 0 aliphatic heterocycles. The van der Waals surface area contributed by atoms with E-state index in [1.807, 2.05) is 20.0 Å². The van der Waals surface area contributed by atoms with Crippen molar-refractivity contribution in [2.24, 2.45) is 5.92 Å². The van der Waals surface area contributed by atoms with E-state index in [2.05, 4.69) is 25.2 Å². The van der Waals surface area contributed by atoms with Crippen LogP contribution in [-0.4, -0.2) is 7.05 Å². The van der Waals surface area contributed by atoms with E-state index >= 15 is 0 Å². The number of rotatable bonds is 5. The molecule has 0 aromatic carbocycles. The standard InChI is InChI=1S/C12H21NO/c1-5-9(2)8-11(13-4)12-7-6-10(3)14-12/h6-7,9,11,13H,5,8H2,1-4H3. The summed E-state index contributed by atoms with van der Waals surface area (Å²) in [5.41, 5.74) is 0. The fraction of sp³-hybridized carbons (Fsp3) is 0.667. The van der Waals surface area contributed by atoms with Gasteiger partial charge in [0.15, 0.2) is 0 Å². The predicted octanol–water partition coefficient (Wildman–Crippen LogP) is 3.28. The zero-order chi connectivity index (χ0) is 10.6. The molecule has 0 aliphatic carbocycles. The zero-order valence-corrected chi connectivity index (χ0v) is 9.63. The number of hydrogen-bond acceptors (Lipinski definition) is 2. The predicted molar refractivity (Wildman–Crippen MR) is 59.3 cm³/mol. The number of furan rings is 1. The summed E-state index contributed by atoms with van der Waals surface area (Å²) in [5.74, 6) is 2.78. The minimum Gasteiger partial charge on any atom is -0.465 e. The van der Waals surface area contributed by atoms with Crippen molar-refractivity contribution in [2.45, 2.75) is 39.7 Å². The normalized spacial score (nSPS) is 15.4. The van der Waals surface area contributed by atoms with E-state index in [9.17, 15) is 0 Å². The molecule has 0 fully saturated rings. The third-order valence-electron chi connectivity index (χ3n) is 2.79. The molecular formula is C12H21NO. The molecule has 1 aromatic rings. The maximum Gasteiger partial charge on any atom is 0.121 e. The van der Waals surface area contributed by atoms with Crippen LogP contribution in [0.25, 0.3) is 0 Å². The third-order valence-corrected chi connectivity index (χ3v) is 2.79. The van der Waals surface area contributed by atoms with Crippen LogP contribution in [0.15, 0.2) is 16.5 Å². The maximum atomic E-state index is 5.62. The molecule has 0 spiro atoms. The molecule has 0 aliphatic rings.